The fourth-order valence-electron chi connectivity index (χ4n) is 0.768. The van der Waals surface area contributed by atoms with Gasteiger partial charge in [0.05, 0.1) is 6.07 Å². The van der Waals surface area contributed by atoms with Gasteiger partial charge >= 0.3 is 0 Å². The highest BCUT2D eigenvalue weighted by Gasteiger charge is 2.09. The fourth-order valence-corrected chi connectivity index (χ4v) is 1.83. The number of hydrogen-bond donors (Lipinski definition) is 0. The molecule has 0 spiro atoms. The third-order valence-corrected chi connectivity index (χ3v) is 3.28. The van der Waals surface area contributed by atoms with Gasteiger partial charge in [-0.15, -0.1) is 0 Å². The van der Waals surface area contributed by atoms with Gasteiger partial charge in [0.25, 0.3) is 0 Å². The van der Waals surface area contributed by atoms with Crippen LogP contribution in [0.1, 0.15) is 19.8 Å². The second-order valence-corrected chi connectivity index (χ2v) is 4.58. The lowest BCUT2D eigenvalue weighted by atomic mass is 10.4. The van der Waals surface area contributed by atoms with Gasteiger partial charge in [-0.2, -0.15) is 5.26 Å². The van der Waals surface area contributed by atoms with E-state index in [4.69, 9.17) is 10.00 Å². The molecule has 0 bridgehead atoms. The molecule has 0 fully saturated rings. The van der Waals surface area contributed by atoms with E-state index in [0.29, 0.717) is 18.8 Å². The number of nitrogens with zero attached hydrogens (tertiary/aromatic N) is 1. The first kappa shape index (κ1) is 11.6. The van der Waals surface area contributed by atoms with Crippen LogP contribution < -0.4 is 0 Å². The van der Waals surface area contributed by atoms with Gasteiger partial charge < -0.3 is 4.74 Å². The van der Waals surface area contributed by atoms with Crippen molar-refractivity contribution in [3.63, 3.8) is 0 Å². The van der Waals surface area contributed by atoms with E-state index >= 15 is 0 Å². The van der Waals surface area contributed by atoms with Crippen molar-refractivity contribution in [1.82, 2.24) is 0 Å². The lowest BCUT2D eigenvalue weighted by molar-refractivity contribution is 0.200. The second kappa shape index (κ2) is 7.26. The summed E-state index contributed by atoms with van der Waals surface area (Å²) in [5.41, 5.74) is 0. The largest absolute Gasteiger partial charge is 0.385 e. The number of methoxy groups -OCH3 is 1. The molecule has 12 heavy (non-hydrogen) atoms. The smallest absolute Gasteiger partial charge is 0.0634 e. The predicted molar refractivity (Wildman–Crippen MR) is 49.2 cm³/mol. The van der Waals surface area contributed by atoms with Crippen LogP contribution in [0.15, 0.2) is 0 Å². The summed E-state index contributed by atoms with van der Waals surface area (Å²) >= 11 is 0. The molecule has 0 aromatic rings. The van der Waals surface area contributed by atoms with E-state index in [1.165, 1.54) is 0 Å². The van der Waals surface area contributed by atoms with Crippen molar-refractivity contribution in [3.8, 4) is 6.07 Å². The van der Waals surface area contributed by atoms with Crippen molar-refractivity contribution in [3.05, 3.63) is 0 Å². The van der Waals surface area contributed by atoms with Gasteiger partial charge in [-0.1, -0.05) is 0 Å². The average Bonchev–Trinajstić information content (AvgIpc) is 2.05. The molecule has 0 aliphatic carbocycles. The number of nitriles is 1. The Balaban J connectivity index is 3.51. The van der Waals surface area contributed by atoms with Crippen molar-refractivity contribution >= 4 is 10.8 Å². The summed E-state index contributed by atoms with van der Waals surface area (Å²) in [5.74, 6) is 0.636. The second-order valence-electron chi connectivity index (χ2n) is 2.60. The molecule has 0 N–H and O–H groups in total. The Bertz CT molecular complexity index is 176. The highest BCUT2D eigenvalue weighted by molar-refractivity contribution is 7.85. The van der Waals surface area contributed by atoms with Crippen LogP contribution in [0.2, 0.25) is 0 Å². The molecule has 0 aromatic heterocycles. The average molecular weight is 189 g/mol. The first-order valence-corrected chi connectivity index (χ1v) is 5.33. The number of rotatable bonds is 6. The van der Waals surface area contributed by atoms with Gasteiger partial charge in [0.2, 0.25) is 0 Å². The first-order chi connectivity index (χ1) is 5.72. The molecule has 0 saturated heterocycles. The van der Waals surface area contributed by atoms with Crippen molar-refractivity contribution in [2.45, 2.75) is 25.0 Å². The summed E-state index contributed by atoms with van der Waals surface area (Å²) in [6.07, 6.45) is 1.18. The Morgan fingerprint density at radius 1 is 1.67 bits per heavy atom. The lowest BCUT2D eigenvalue weighted by Gasteiger charge is -2.06. The summed E-state index contributed by atoms with van der Waals surface area (Å²) in [4.78, 5) is 0. The van der Waals surface area contributed by atoms with E-state index in [0.717, 1.165) is 6.42 Å². The van der Waals surface area contributed by atoms with Gasteiger partial charge in [-0.3, -0.25) is 4.21 Å². The van der Waals surface area contributed by atoms with Gasteiger partial charge in [-0.05, 0) is 13.3 Å². The van der Waals surface area contributed by atoms with Crippen LogP contribution in [0.3, 0.4) is 0 Å². The minimum Gasteiger partial charge on any atom is -0.385 e. The maximum absolute atomic E-state index is 11.3. The van der Waals surface area contributed by atoms with Crippen molar-refractivity contribution < 1.29 is 8.95 Å². The molecule has 3 nitrogen and oxygen atoms in total. The number of hydrogen-bond acceptors (Lipinski definition) is 3. The Hall–Kier alpha value is -0.400. The quantitative estimate of drug-likeness (QED) is 0.587. The molecule has 2 unspecified atom stereocenters. The fraction of sp³-hybridized carbons (Fsp3) is 0.875. The molecule has 0 rings (SSSR count). The zero-order valence-corrected chi connectivity index (χ0v) is 8.39. The van der Waals surface area contributed by atoms with E-state index < -0.39 is 10.8 Å². The standard InChI is InChI=1S/C8H15NO2S/c1-8(4-5-9)12(10)7-3-6-11-2/h8H,3-4,6-7H2,1-2H3. The Kier molecular flexibility index (Phi) is 7.02. The van der Waals surface area contributed by atoms with Crippen LogP contribution in [-0.2, 0) is 15.5 Å². The molecule has 0 aliphatic rings. The predicted octanol–water partition coefficient (Wildman–Crippen LogP) is 1.07. The maximum Gasteiger partial charge on any atom is 0.0634 e. The van der Waals surface area contributed by atoms with Gasteiger partial charge in [0.1, 0.15) is 0 Å². The molecular formula is C8H15NO2S. The monoisotopic (exact) mass is 189 g/mol. The van der Waals surface area contributed by atoms with Crippen molar-refractivity contribution in [2.75, 3.05) is 19.5 Å². The van der Waals surface area contributed by atoms with E-state index in [1.54, 1.807) is 7.11 Å². The highest BCUT2D eigenvalue weighted by atomic mass is 32.2. The zero-order chi connectivity index (χ0) is 9.40. The van der Waals surface area contributed by atoms with Crippen LogP contribution in [0.5, 0.6) is 0 Å². The SMILES string of the molecule is COCCCS(=O)C(C)CC#N. The topological polar surface area (TPSA) is 50.1 Å². The maximum atomic E-state index is 11.3. The third kappa shape index (κ3) is 5.28. The van der Waals surface area contributed by atoms with Crippen molar-refractivity contribution in [1.29, 1.82) is 5.26 Å². The normalized spacial score (nSPS) is 15.1. The molecule has 70 valence electrons. The molecule has 4 heteroatoms. The molecule has 0 aromatic carbocycles. The van der Waals surface area contributed by atoms with E-state index in [9.17, 15) is 4.21 Å². The first-order valence-electron chi connectivity index (χ1n) is 3.95. The van der Waals surface area contributed by atoms with Crippen LogP contribution >= 0.6 is 0 Å². The molecule has 0 saturated carbocycles. The summed E-state index contributed by atoms with van der Waals surface area (Å²) in [5, 5.41) is 8.34. The van der Waals surface area contributed by atoms with Gasteiger partial charge in [-0.25, -0.2) is 0 Å². The van der Waals surface area contributed by atoms with Gasteiger partial charge in [0.15, 0.2) is 0 Å². The van der Waals surface area contributed by atoms with E-state index in [1.807, 2.05) is 13.0 Å². The molecule has 0 amide bonds. The zero-order valence-electron chi connectivity index (χ0n) is 7.58. The van der Waals surface area contributed by atoms with Crippen molar-refractivity contribution in [2.24, 2.45) is 0 Å². The van der Waals surface area contributed by atoms with Crippen LogP contribution in [0.4, 0.5) is 0 Å². The summed E-state index contributed by atoms with van der Waals surface area (Å²) in [7, 11) is 0.758. The Morgan fingerprint density at radius 3 is 2.83 bits per heavy atom. The molecule has 0 aliphatic heterocycles. The summed E-state index contributed by atoms with van der Waals surface area (Å²) in [6, 6.07) is 2.01. The number of ether oxygens (including phenoxy) is 1. The highest BCUT2D eigenvalue weighted by Crippen LogP contribution is 2.01. The van der Waals surface area contributed by atoms with Crippen LogP contribution in [0.25, 0.3) is 0 Å². The molecule has 2 atom stereocenters. The van der Waals surface area contributed by atoms with E-state index in [2.05, 4.69) is 0 Å². The minimum atomic E-state index is -0.869. The Labute approximate surface area is 76.2 Å². The lowest BCUT2D eigenvalue weighted by Crippen LogP contribution is -2.14. The van der Waals surface area contributed by atoms with Crippen LogP contribution in [-0.4, -0.2) is 28.9 Å². The summed E-state index contributed by atoms with van der Waals surface area (Å²) < 4.78 is 16.1. The third-order valence-electron chi connectivity index (χ3n) is 1.52. The van der Waals surface area contributed by atoms with Crippen LogP contribution in [0, 0.1) is 11.3 Å². The minimum absolute atomic E-state index is 0.00754. The summed E-state index contributed by atoms with van der Waals surface area (Å²) in [6.45, 7) is 2.48. The molecule has 0 radical (unpaired) electrons. The Morgan fingerprint density at radius 2 is 2.33 bits per heavy atom. The molecular weight excluding hydrogens is 174 g/mol. The van der Waals surface area contributed by atoms with E-state index in [-0.39, 0.29) is 5.25 Å². The van der Waals surface area contributed by atoms with Gasteiger partial charge in [0, 0.05) is 41.9 Å². The molecule has 0 heterocycles.